The molecule has 0 saturated carbocycles. The summed E-state index contributed by atoms with van der Waals surface area (Å²) in [6, 6.07) is 15.8. The van der Waals surface area contributed by atoms with Crippen molar-refractivity contribution in [3.05, 3.63) is 99.7 Å². The van der Waals surface area contributed by atoms with Gasteiger partial charge in [-0.05, 0) is 55.8 Å². The summed E-state index contributed by atoms with van der Waals surface area (Å²) < 4.78 is 22.9. The number of hydrogen-bond donors (Lipinski definition) is 1. The highest BCUT2D eigenvalue weighted by molar-refractivity contribution is 6.31. The van der Waals surface area contributed by atoms with E-state index >= 15 is 4.39 Å². The average Bonchev–Trinajstić information content (AvgIpc) is 3.45. The Hall–Kier alpha value is -4.68. The van der Waals surface area contributed by atoms with Gasteiger partial charge in [0.1, 0.15) is 11.8 Å². The van der Waals surface area contributed by atoms with Crippen LogP contribution in [0, 0.1) is 17.1 Å². The number of ether oxygens (including phenoxy) is 1. The first-order chi connectivity index (χ1) is 19.2. The van der Waals surface area contributed by atoms with Crippen molar-refractivity contribution in [1.29, 1.82) is 5.26 Å². The lowest BCUT2D eigenvalue weighted by Gasteiger charge is -2.29. The Morgan fingerprint density at radius 3 is 2.55 bits per heavy atom. The normalized spacial score (nSPS) is 14.4. The van der Waals surface area contributed by atoms with Gasteiger partial charge in [0, 0.05) is 11.6 Å². The molecule has 0 saturated heterocycles. The van der Waals surface area contributed by atoms with Crippen molar-refractivity contribution in [3.8, 4) is 23.1 Å². The second-order valence-corrected chi connectivity index (χ2v) is 10.0. The number of carboxylic acids is 1. The van der Waals surface area contributed by atoms with Gasteiger partial charge in [-0.2, -0.15) is 5.26 Å². The van der Waals surface area contributed by atoms with E-state index < -0.39 is 23.7 Å². The minimum Gasteiger partial charge on any atom is -0.494 e. The van der Waals surface area contributed by atoms with Gasteiger partial charge in [0.05, 0.1) is 64.7 Å². The van der Waals surface area contributed by atoms with Crippen LogP contribution in [0.25, 0.3) is 11.3 Å². The van der Waals surface area contributed by atoms with Crippen LogP contribution in [0.3, 0.4) is 0 Å². The van der Waals surface area contributed by atoms with Crippen LogP contribution in [-0.2, 0) is 11.2 Å². The molecule has 2 aromatic heterocycles. The van der Waals surface area contributed by atoms with Crippen LogP contribution in [0.15, 0.2) is 60.8 Å². The number of nitrogens with zero attached hydrogens (tertiary/aromatic N) is 4. The third kappa shape index (κ3) is 4.46. The van der Waals surface area contributed by atoms with E-state index in [1.807, 2.05) is 18.4 Å². The number of aliphatic carboxylic acids is 1. The summed E-state index contributed by atoms with van der Waals surface area (Å²) in [4.78, 5) is 31.1. The van der Waals surface area contributed by atoms with Crippen LogP contribution in [0.4, 0.5) is 10.1 Å². The van der Waals surface area contributed by atoms with E-state index in [2.05, 4.69) is 11.1 Å². The first-order valence-corrected chi connectivity index (χ1v) is 12.8. The van der Waals surface area contributed by atoms with Crippen molar-refractivity contribution in [1.82, 2.24) is 9.55 Å². The number of nitriles is 1. The minimum absolute atomic E-state index is 0.0325. The van der Waals surface area contributed by atoms with E-state index in [-0.39, 0.29) is 23.2 Å². The first-order valence-electron chi connectivity index (χ1n) is 12.4. The van der Waals surface area contributed by atoms with Gasteiger partial charge in [0.15, 0.2) is 5.82 Å². The van der Waals surface area contributed by atoms with Crippen LogP contribution in [0.2, 0.25) is 5.02 Å². The summed E-state index contributed by atoms with van der Waals surface area (Å²) in [6.07, 6.45) is 1.18. The summed E-state index contributed by atoms with van der Waals surface area (Å²) in [5.74, 6) is -1.76. The number of benzene rings is 2. The molecule has 0 bridgehead atoms. The SMILES string of the molecule is COc1cnc(CC(=O)O)cc1-c1cc2c(n1C(C)C)C(c1ccc(C#N)cc1)N(c1cccc(Cl)c1F)C2=O. The number of pyridine rings is 1. The third-order valence-corrected chi connectivity index (χ3v) is 7.15. The number of anilines is 1. The second-order valence-electron chi connectivity index (χ2n) is 9.62. The topological polar surface area (TPSA) is 108 Å². The molecule has 0 fully saturated rings. The minimum atomic E-state index is -1.03. The molecule has 1 aliphatic heterocycles. The number of carbonyl (C=O) groups is 2. The fraction of sp³-hybridized carbons (Fsp3) is 0.200. The fourth-order valence-electron chi connectivity index (χ4n) is 5.20. The molecule has 2 aromatic carbocycles. The Balaban J connectivity index is 1.79. The maximum Gasteiger partial charge on any atom is 0.309 e. The summed E-state index contributed by atoms with van der Waals surface area (Å²) in [7, 11) is 1.49. The second kappa shape index (κ2) is 10.5. The van der Waals surface area contributed by atoms with Gasteiger partial charge >= 0.3 is 5.97 Å². The molecule has 0 spiro atoms. The fourth-order valence-corrected chi connectivity index (χ4v) is 5.37. The van der Waals surface area contributed by atoms with Gasteiger partial charge in [0.25, 0.3) is 5.91 Å². The number of amides is 1. The Morgan fingerprint density at radius 2 is 1.93 bits per heavy atom. The number of carbonyl (C=O) groups excluding carboxylic acids is 1. The van der Waals surface area contributed by atoms with Crippen molar-refractivity contribution < 1.29 is 23.8 Å². The molecule has 1 amide bonds. The predicted octanol–water partition coefficient (Wildman–Crippen LogP) is 6.18. The van der Waals surface area contributed by atoms with E-state index in [9.17, 15) is 20.0 Å². The molecule has 1 atom stereocenters. The molecule has 1 N–H and O–H groups in total. The lowest BCUT2D eigenvalue weighted by atomic mass is 10.0. The molecule has 4 aromatic rings. The van der Waals surface area contributed by atoms with Gasteiger partial charge in [-0.1, -0.05) is 29.8 Å². The van der Waals surface area contributed by atoms with Crippen molar-refractivity contribution in [2.75, 3.05) is 12.0 Å². The molecule has 0 aliphatic carbocycles. The monoisotopic (exact) mass is 558 g/mol. The van der Waals surface area contributed by atoms with Gasteiger partial charge < -0.3 is 14.4 Å². The molecule has 202 valence electrons. The maximum absolute atomic E-state index is 15.4. The zero-order chi connectivity index (χ0) is 28.7. The number of halogens is 2. The lowest BCUT2D eigenvalue weighted by Crippen LogP contribution is -2.30. The smallest absolute Gasteiger partial charge is 0.309 e. The largest absolute Gasteiger partial charge is 0.494 e. The summed E-state index contributed by atoms with van der Waals surface area (Å²) >= 11 is 6.11. The summed E-state index contributed by atoms with van der Waals surface area (Å²) in [5, 5.41) is 18.5. The summed E-state index contributed by atoms with van der Waals surface area (Å²) in [6.45, 7) is 3.91. The van der Waals surface area contributed by atoms with Crippen LogP contribution in [-0.4, -0.2) is 33.6 Å². The van der Waals surface area contributed by atoms with E-state index in [0.717, 1.165) is 0 Å². The van der Waals surface area contributed by atoms with E-state index in [0.29, 0.717) is 45.1 Å². The molecular weight excluding hydrogens is 535 g/mol. The van der Waals surface area contributed by atoms with Crippen molar-refractivity contribution in [2.24, 2.45) is 0 Å². The van der Waals surface area contributed by atoms with Crippen molar-refractivity contribution in [2.45, 2.75) is 32.4 Å². The average molecular weight is 559 g/mol. The van der Waals surface area contributed by atoms with Crippen molar-refractivity contribution in [3.63, 3.8) is 0 Å². The Bertz CT molecular complexity index is 1690. The van der Waals surface area contributed by atoms with E-state index in [1.54, 1.807) is 42.5 Å². The zero-order valence-electron chi connectivity index (χ0n) is 21.9. The molecule has 5 rings (SSSR count). The molecule has 8 nitrogen and oxygen atoms in total. The molecule has 10 heteroatoms. The standard InChI is InChI=1S/C30H24ClFN4O4/c1-16(2)35-24(20-11-19(12-26(37)38)34-15-25(20)40-3)13-21-29(35)28(18-9-7-17(14-33)8-10-18)36(30(21)39)23-6-4-5-22(31)27(23)32/h4-11,13,15-16,28H,12H2,1-3H3,(H,37,38). The number of hydrogen-bond acceptors (Lipinski definition) is 5. The molecule has 1 unspecified atom stereocenters. The maximum atomic E-state index is 15.4. The highest BCUT2D eigenvalue weighted by atomic mass is 35.5. The Morgan fingerprint density at radius 1 is 1.20 bits per heavy atom. The molecule has 40 heavy (non-hydrogen) atoms. The van der Waals surface area contributed by atoms with Crippen molar-refractivity contribution >= 4 is 29.2 Å². The number of fused-ring (bicyclic) bond motifs is 1. The third-order valence-electron chi connectivity index (χ3n) is 6.86. The Labute approximate surface area is 234 Å². The van der Waals surface area contributed by atoms with Crippen LogP contribution >= 0.6 is 11.6 Å². The Kier molecular flexibility index (Phi) is 7.04. The molecule has 3 heterocycles. The predicted molar refractivity (Wildman–Crippen MR) is 147 cm³/mol. The van der Waals surface area contributed by atoms with Gasteiger partial charge in [-0.25, -0.2) is 4.39 Å². The molecule has 0 radical (unpaired) electrons. The molecular formula is C30H24ClFN4O4. The number of rotatable bonds is 7. The quantitative estimate of drug-likeness (QED) is 0.290. The number of aromatic nitrogens is 2. The zero-order valence-corrected chi connectivity index (χ0v) is 22.6. The first kappa shape index (κ1) is 26.9. The summed E-state index contributed by atoms with van der Waals surface area (Å²) in [5.41, 5.74) is 3.66. The van der Waals surface area contributed by atoms with Gasteiger partial charge in [0.2, 0.25) is 0 Å². The van der Waals surface area contributed by atoms with Gasteiger partial charge in [-0.15, -0.1) is 0 Å². The van der Waals surface area contributed by atoms with E-state index in [1.165, 1.54) is 30.3 Å². The highest BCUT2D eigenvalue weighted by Crippen LogP contribution is 2.48. The van der Waals surface area contributed by atoms with Crippen LogP contribution < -0.4 is 9.64 Å². The lowest BCUT2D eigenvalue weighted by molar-refractivity contribution is -0.136. The van der Waals surface area contributed by atoms with Crippen LogP contribution in [0.1, 0.15) is 58.8 Å². The number of carboxylic acid groups (broad SMARTS) is 1. The van der Waals surface area contributed by atoms with E-state index in [4.69, 9.17) is 16.3 Å². The van der Waals surface area contributed by atoms with Crippen LogP contribution in [0.5, 0.6) is 5.75 Å². The number of methoxy groups -OCH3 is 1. The van der Waals surface area contributed by atoms with Gasteiger partial charge in [-0.3, -0.25) is 19.5 Å². The highest BCUT2D eigenvalue weighted by Gasteiger charge is 2.44. The molecule has 1 aliphatic rings.